The van der Waals surface area contributed by atoms with E-state index >= 15 is 0 Å². The SMILES string of the molecule is CC(CSc1ccc(F)cc1)C(=O)NCCCCCC(=O)O. The van der Waals surface area contributed by atoms with Gasteiger partial charge in [-0.15, -0.1) is 11.8 Å². The molecule has 1 unspecified atom stereocenters. The average molecular weight is 327 g/mol. The van der Waals surface area contributed by atoms with Crippen LogP contribution in [-0.4, -0.2) is 29.3 Å². The smallest absolute Gasteiger partial charge is 0.303 e. The number of benzene rings is 1. The van der Waals surface area contributed by atoms with Crippen molar-refractivity contribution in [1.82, 2.24) is 5.32 Å². The summed E-state index contributed by atoms with van der Waals surface area (Å²) in [5.74, 6) is -0.549. The lowest BCUT2D eigenvalue weighted by Crippen LogP contribution is -2.31. The van der Waals surface area contributed by atoms with Gasteiger partial charge in [0.1, 0.15) is 5.82 Å². The molecule has 122 valence electrons. The number of amides is 1. The Hall–Kier alpha value is -1.56. The van der Waals surface area contributed by atoms with Crippen molar-refractivity contribution in [3.8, 4) is 0 Å². The second-order valence-corrected chi connectivity index (χ2v) is 6.25. The molecule has 0 aromatic heterocycles. The molecule has 0 spiro atoms. The predicted octanol–water partition coefficient (Wildman–Crippen LogP) is 3.32. The Labute approximate surface area is 134 Å². The molecule has 0 aliphatic rings. The highest BCUT2D eigenvalue weighted by Gasteiger charge is 2.12. The second kappa shape index (κ2) is 10.2. The summed E-state index contributed by atoms with van der Waals surface area (Å²) < 4.78 is 12.8. The van der Waals surface area contributed by atoms with Gasteiger partial charge in [0.15, 0.2) is 0 Å². The number of hydrogen-bond acceptors (Lipinski definition) is 3. The molecule has 1 aromatic rings. The maximum Gasteiger partial charge on any atom is 0.303 e. The zero-order chi connectivity index (χ0) is 16.4. The van der Waals surface area contributed by atoms with Crippen molar-refractivity contribution in [2.24, 2.45) is 5.92 Å². The first kappa shape index (κ1) is 18.5. The lowest BCUT2D eigenvalue weighted by molar-refractivity contribution is -0.137. The van der Waals surface area contributed by atoms with Gasteiger partial charge in [-0.2, -0.15) is 0 Å². The molecule has 1 aromatic carbocycles. The summed E-state index contributed by atoms with van der Waals surface area (Å²) in [5.41, 5.74) is 0. The molecule has 0 fully saturated rings. The Kier molecular flexibility index (Phi) is 8.58. The molecule has 1 rings (SSSR count). The number of unbranched alkanes of at least 4 members (excludes halogenated alkanes) is 2. The van der Waals surface area contributed by atoms with Gasteiger partial charge in [-0.05, 0) is 37.1 Å². The van der Waals surface area contributed by atoms with Crippen molar-refractivity contribution in [2.75, 3.05) is 12.3 Å². The fourth-order valence-corrected chi connectivity index (χ4v) is 2.71. The molecule has 1 amide bonds. The normalized spacial score (nSPS) is 11.9. The minimum atomic E-state index is -0.782. The largest absolute Gasteiger partial charge is 0.481 e. The fraction of sp³-hybridized carbons (Fsp3) is 0.500. The van der Waals surface area contributed by atoms with Crippen LogP contribution < -0.4 is 5.32 Å². The maximum atomic E-state index is 12.8. The number of nitrogens with one attached hydrogen (secondary N) is 1. The van der Waals surface area contributed by atoms with E-state index in [2.05, 4.69) is 5.32 Å². The summed E-state index contributed by atoms with van der Waals surface area (Å²) in [5, 5.41) is 11.4. The number of carbonyl (C=O) groups is 2. The molecule has 0 saturated carbocycles. The van der Waals surface area contributed by atoms with Crippen molar-refractivity contribution >= 4 is 23.6 Å². The number of carboxylic acids is 1. The summed E-state index contributed by atoms with van der Waals surface area (Å²) >= 11 is 1.52. The molecule has 0 aliphatic heterocycles. The third-order valence-electron chi connectivity index (χ3n) is 3.13. The van der Waals surface area contributed by atoms with Crippen molar-refractivity contribution in [3.63, 3.8) is 0 Å². The van der Waals surface area contributed by atoms with Gasteiger partial charge in [0.05, 0.1) is 0 Å². The lowest BCUT2D eigenvalue weighted by atomic mass is 10.2. The van der Waals surface area contributed by atoms with Gasteiger partial charge >= 0.3 is 5.97 Å². The minimum absolute atomic E-state index is 0.00662. The molecular formula is C16H22FNO3S. The van der Waals surface area contributed by atoms with E-state index in [-0.39, 0.29) is 24.1 Å². The van der Waals surface area contributed by atoms with E-state index in [9.17, 15) is 14.0 Å². The van der Waals surface area contributed by atoms with Gasteiger partial charge in [0.2, 0.25) is 5.91 Å². The Bertz CT molecular complexity index is 479. The summed E-state index contributed by atoms with van der Waals surface area (Å²) in [4.78, 5) is 23.2. The molecule has 0 aliphatic carbocycles. The number of halogens is 1. The van der Waals surface area contributed by atoms with Crippen LogP contribution in [0.1, 0.15) is 32.6 Å². The van der Waals surface area contributed by atoms with Gasteiger partial charge < -0.3 is 10.4 Å². The first-order valence-corrected chi connectivity index (χ1v) is 8.35. The summed E-state index contributed by atoms with van der Waals surface area (Å²) in [7, 11) is 0. The van der Waals surface area contributed by atoms with Crippen LogP contribution in [0.15, 0.2) is 29.2 Å². The van der Waals surface area contributed by atoms with Crippen LogP contribution in [0.3, 0.4) is 0 Å². The van der Waals surface area contributed by atoms with Crippen LogP contribution in [0, 0.1) is 11.7 Å². The van der Waals surface area contributed by atoms with Gasteiger partial charge in [0, 0.05) is 29.5 Å². The van der Waals surface area contributed by atoms with Crippen molar-refractivity contribution in [3.05, 3.63) is 30.1 Å². The van der Waals surface area contributed by atoms with Crippen molar-refractivity contribution < 1.29 is 19.1 Å². The van der Waals surface area contributed by atoms with Gasteiger partial charge in [-0.1, -0.05) is 13.3 Å². The number of rotatable bonds is 10. The standard InChI is InChI=1S/C16H22FNO3S/c1-12(11-22-14-8-6-13(17)7-9-14)16(21)18-10-4-2-3-5-15(19)20/h6-9,12H,2-5,10-11H2,1H3,(H,18,21)(H,19,20). The maximum absolute atomic E-state index is 12.8. The molecule has 0 heterocycles. The van der Waals surface area contributed by atoms with E-state index in [1.165, 1.54) is 23.9 Å². The highest BCUT2D eigenvalue weighted by atomic mass is 32.2. The Morgan fingerprint density at radius 2 is 1.91 bits per heavy atom. The molecular weight excluding hydrogens is 305 g/mol. The minimum Gasteiger partial charge on any atom is -0.481 e. The number of carboxylic acid groups (broad SMARTS) is 1. The molecule has 2 N–H and O–H groups in total. The fourth-order valence-electron chi connectivity index (χ4n) is 1.79. The number of aliphatic carboxylic acids is 1. The summed E-state index contributed by atoms with van der Waals surface area (Å²) in [6.07, 6.45) is 2.40. The van der Waals surface area contributed by atoms with Crippen LogP contribution in [0.25, 0.3) is 0 Å². The Balaban J connectivity index is 2.14. The third-order valence-corrected chi connectivity index (χ3v) is 4.40. The predicted molar refractivity (Wildman–Crippen MR) is 85.4 cm³/mol. The van der Waals surface area contributed by atoms with Crippen LogP contribution in [0.4, 0.5) is 4.39 Å². The van der Waals surface area contributed by atoms with Crippen molar-refractivity contribution in [1.29, 1.82) is 0 Å². The van der Waals surface area contributed by atoms with E-state index in [1.807, 2.05) is 6.92 Å². The number of hydrogen-bond donors (Lipinski definition) is 2. The number of carbonyl (C=O) groups excluding carboxylic acids is 1. The summed E-state index contributed by atoms with van der Waals surface area (Å²) in [6, 6.07) is 6.22. The quantitative estimate of drug-likeness (QED) is 0.511. The molecule has 6 heteroatoms. The molecule has 1 atom stereocenters. The van der Waals surface area contributed by atoms with E-state index < -0.39 is 5.97 Å². The number of thioether (sulfide) groups is 1. The molecule has 0 bridgehead atoms. The average Bonchev–Trinajstić information content (AvgIpc) is 2.49. The second-order valence-electron chi connectivity index (χ2n) is 5.16. The van der Waals surface area contributed by atoms with Gasteiger partial charge in [0.25, 0.3) is 0 Å². The molecule has 0 radical (unpaired) electrons. The lowest BCUT2D eigenvalue weighted by Gasteiger charge is -2.11. The monoisotopic (exact) mass is 327 g/mol. The van der Waals surface area contributed by atoms with Crippen LogP contribution in [0.2, 0.25) is 0 Å². The summed E-state index contributed by atoms with van der Waals surface area (Å²) in [6.45, 7) is 2.43. The third kappa shape index (κ3) is 8.02. The Morgan fingerprint density at radius 3 is 2.55 bits per heavy atom. The first-order chi connectivity index (χ1) is 10.5. The van der Waals surface area contributed by atoms with Gasteiger partial charge in [-0.25, -0.2) is 4.39 Å². The highest BCUT2D eigenvalue weighted by Crippen LogP contribution is 2.20. The topological polar surface area (TPSA) is 66.4 Å². The first-order valence-electron chi connectivity index (χ1n) is 7.37. The zero-order valence-electron chi connectivity index (χ0n) is 12.7. The van der Waals surface area contributed by atoms with E-state index in [0.717, 1.165) is 17.7 Å². The van der Waals surface area contributed by atoms with Gasteiger partial charge in [-0.3, -0.25) is 9.59 Å². The molecule has 22 heavy (non-hydrogen) atoms. The highest BCUT2D eigenvalue weighted by molar-refractivity contribution is 7.99. The van der Waals surface area contributed by atoms with E-state index in [4.69, 9.17) is 5.11 Å². The van der Waals surface area contributed by atoms with Crippen molar-refractivity contribution in [2.45, 2.75) is 37.5 Å². The molecule has 0 saturated heterocycles. The Morgan fingerprint density at radius 1 is 1.23 bits per heavy atom. The molecule has 4 nitrogen and oxygen atoms in total. The van der Waals surface area contributed by atoms with E-state index in [1.54, 1.807) is 12.1 Å². The van der Waals surface area contributed by atoms with Crippen LogP contribution >= 0.6 is 11.8 Å². The van der Waals surface area contributed by atoms with Crippen LogP contribution in [-0.2, 0) is 9.59 Å². The van der Waals surface area contributed by atoms with E-state index in [0.29, 0.717) is 18.7 Å². The zero-order valence-corrected chi connectivity index (χ0v) is 13.5. The van der Waals surface area contributed by atoms with Crippen LogP contribution in [0.5, 0.6) is 0 Å².